The van der Waals surface area contributed by atoms with Crippen molar-refractivity contribution in [3.8, 4) is 0 Å². The van der Waals surface area contributed by atoms with E-state index in [-0.39, 0.29) is 12.6 Å². The highest BCUT2D eigenvalue weighted by Gasteiger charge is 2.01. The van der Waals surface area contributed by atoms with Crippen molar-refractivity contribution < 1.29 is 9.90 Å². The molecule has 0 radical (unpaired) electrons. The van der Waals surface area contributed by atoms with Gasteiger partial charge in [0.1, 0.15) is 0 Å². The van der Waals surface area contributed by atoms with E-state index in [2.05, 4.69) is 10.6 Å². The molecule has 0 saturated heterocycles. The van der Waals surface area contributed by atoms with Crippen molar-refractivity contribution in [3.63, 3.8) is 0 Å². The molecular formula is C15H16N2O2. The van der Waals surface area contributed by atoms with E-state index in [9.17, 15) is 4.79 Å². The molecule has 98 valence electrons. The third-order valence-corrected chi connectivity index (χ3v) is 2.69. The Morgan fingerprint density at radius 2 is 1.63 bits per heavy atom. The third-order valence-electron chi connectivity index (χ3n) is 2.69. The SMILES string of the molecule is O=C(NCc1ccccc1)Nc1ccc(CO)cc1. The molecule has 0 unspecified atom stereocenters. The monoisotopic (exact) mass is 256 g/mol. The van der Waals surface area contributed by atoms with Crippen LogP contribution < -0.4 is 10.6 Å². The number of aliphatic hydroxyl groups excluding tert-OH is 1. The predicted octanol–water partition coefficient (Wildman–Crippen LogP) is 2.50. The second kappa shape index (κ2) is 6.56. The zero-order valence-corrected chi connectivity index (χ0v) is 10.5. The topological polar surface area (TPSA) is 61.4 Å². The number of carbonyl (C=O) groups excluding carboxylic acids is 1. The lowest BCUT2D eigenvalue weighted by atomic mass is 10.2. The van der Waals surface area contributed by atoms with Gasteiger partial charge in [0.2, 0.25) is 0 Å². The molecule has 0 aromatic heterocycles. The Morgan fingerprint density at radius 1 is 0.947 bits per heavy atom. The summed E-state index contributed by atoms with van der Waals surface area (Å²) in [6.45, 7) is 0.488. The molecule has 19 heavy (non-hydrogen) atoms. The first kappa shape index (κ1) is 13.1. The van der Waals surface area contributed by atoms with Gasteiger partial charge in [0.25, 0.3) is 0 Å². The summed E-state index contributed by atoms with van der Waals surface area (Å²) in [5, 5.41) is 14.4. The summed E-state index contributed by atoms with van der Waals surface area (Å²) in [7, 11) is 0. The van der Waals surface area contributed by atoms with Gasteiger partial charge in [0.15, 0.2) is 0 Å². The van der Waals surface area contributed by atoms with Crippen LogP contribution in [0, 0.1) is 0 Å². The van der Waals surface area contributed by atoms with Crippen molar-refractivity contribution in [2.24, 2.45) is 0 Å². The number of nitrogens with one attached hydrogen (secondary N) is 2. The highest BCUT2D eigenvalue weighted by Crippen LogP contribution is 2.09. The Morgan fingerprint density at radius 3 is 2.26 bits per heavy atom. The van der Waals surface area contributed by atoms with Crippen LogP contribution in [0.25, 0.3) is 0 Å². The highest BCUT2D eigenvalue weighted by molar-refractivity contribution is 5.89. The van der Waals surface area contributed by atoms with E-state index in [0.717, 1.165) is 11.1 Å². The van der Waals surface area contributed by atoms with Gasteiger partial charge in [0.05, 0.1) is 6.61 Å². The first-order valence-corrected chi connectivity index (χ1v) is 6.06. The first-order valence-electron chi connectivity index (χ1n) is 6.06. The molecule has 2 aromatic carbocycles. The second-order valence-corrected chi connectivity index (χ2v) is 4.15. The number of amides is 2. The van der Waals surface area contributed by atoms with E-state index >= 15 is 0 Å². The Labute approximate surface area is 112 Å². The molecule has 2 rings (SSSR count). The molecule has 0 aliphatic heterocycles. The van der Waals surface area contributed by atoms with Crippen LogP contribution in [0.15, 0.2) is 54.6 Å². The summed E-state index contributed by atoms with van der Waals surface area (Å²) >= 11 is 0. The Balaban J connectivity index is 1.83. The second-order valence-electron chi connectivity index (χ2n) is 4.15. The summed E-state index contributed by atoms with van der Waals surface area (Å²) in [5.41, 5.74) is 2.56. The number of rotatable bonds is 4. The number of aliphatic hydroxyl groups is 1. The largest absolute Gasteiger partial charge is 0.392 e. The first-order chi connectivity index (χ1) is 9.28. The quantitative estimate of drug-likeness (QED) is 0.787. The van der Waals surface area contributed by atoms with Crippen LogP contribution >= 0.6 is 0 Å². The van der Waals surface area contributed by atoms with Gasteiger partial charge in [-0.1, -0.05) is 42.5 Å². The third kappa shape index (κ3) is 4.12. The number of urea groups is 1. The molecule has 0 saturated carbocycles. The van der Waals surface area contributed by atoms with Crippen molar-refractivity contribution in [2.75, 3.05) is 5.32 Å². The van der Waals surface area contributed by atoms with Gasteiger partial charge >= 0.3 is 6.03 Å². The number of anilines is 1. The molecule has 0 aliphatic rings. The van der Waals surface area contributed by atoms with Gasteiger partial charge < -0.3 is 15.7 Å². The highest BCUT2D eigenvalue weighted by atomic mass is 16.3. The maximum atomic E-state index is 11.7. The van der Waals surface area contributed by atoms with E-state index in [1.165, 1.54) is 0 Å². The molecule has 0 atom stereocenters. The average molecular weight is 256 g/mol. The van der Waals surface area contributed by atoms with Crippen molar-refractivity contribution in [1.29, 1.82) is 0 Å². The summed E-state index contributed by atoms with van der Waals surface area (Å²) in [6, 6.07) is 16.5. The molecule has 2 aromatic rings. The maximum absolute atomic E-state index is 11.7. The Kier molecular flexibility index (Phi) is 4.53. The lowest BCUT2D eigenvalue weighted by Gasteiger charge is -2.08. The van der Waals surface area contributed by atoms with Crippen molar-refractivity contribution in [2.45, 2.75) is 13.2 Å². The molecule has 0 aliphatic carbocycles. The summed E-state index contributed by atoms with van der Waals surface area (Å²) in [4.78, 5) is 11.7. The van der Waals surface area contributed by atoms with Crippen LogP contribution in [0.3, 0.4) is 0 Å². The lowest BCUT2D eigenvalue weighted by Crippen LogP contribution is -2.28. The molecule has 0 spiro atoms. The van der Waals surface area contributed by atoms with Gasteiger partial charge in [-0.15, -0.1) is 0 Å². The number of benzene rings is 2. The van der Waals surface area contributed by atoms with Crippen LogP contribution in [0.5, 0.6) is 0 Å². The maximum Gasteiger partial charge on any atom is 0.319 e. The van der Waals surface area contributed by atoms with Crippen LogP contribution in [-0.4, -0.2) is 11.1 Å². The lowest BCUT2D eigenvalue weighted by molar-refractivity contribution is 0.251. The predicted molar refractivity (Wildman–Crippen MR) is 74.7 cm³/mol. The molecular weight excluding hydrogens is 240 g/mol. The minimum absolute atomic E-state index is 0.000480. The number of hydrogen-bond acceptors (Lipinski definition) is 2. The van der Waals surface area contributed by atoms with E-state index < -0.39 is 0 Å². The van der Waals surface area contributed by atoms with Crippen LogP contribution in [0.2, 0.25) is 0 Å². The van der Waals surface area contributed by atoms with Gasteiger partial charge in [-0.2, -0.15) is 0 Å². The molecule has 4 heteroatoms. The summed E-state index contributed by atoms with van der Waals surface area (Å²) in [5.74, 6) is 0. The molecule has 0 heterocycles. The fourth-order valence-corrected chi connectivity index (χ4v) is 1.65. The van der Waals surface area contributed by atoms with E-state index in [0.29, 0.717) is 12.2 Å². The van der Waals surface area contributed by atoms with Gasteiger partial charge in [-0.25, -0.2) is 4.79 Å². The smallest absolute Gasteiger partial charge is 0.319 e. The molecule has 4 nitrogen and oxygen atoms in total. The molecule has 0 bridgehead atoms. The Bertz CT molecular complexity index is 524. The van der Waals surface area contributed by atoms with E-state index in [1.807, 2.05) is 30.3 Å². The van der Waals surface area contributed by atoms with Crippen LogP contribution in [0.1, 0.15) is 11.1 Å². The molecule has 0 fully saturated rings. The van der Waals surface area contributed by atoms with E-state index in [1.54, 1.807) is 24.3 Å². The summed E-state index contributed by atoms with van der Waals surface area (Å²) in [6.07, 6.45) is 0. The molecule has 2 amide bonds. The minimum Gasteiger partial charge on any atom is -0.392 e. The normalized spacial score (nSPS) is 9.95. The van der Waals surface area contributed by atoms with Crippen LogP contribution in [-0.2, 0) is 13.2 Å². The number of carbonyl (C=O) groups is 1. The fourth-order valence-electron chi connectivity index (χ4n) is 1.65. The van der Waals surface area contributed by atoms with Crippen molar-refractivity contribution >= 4 is 11.7 Å². The van der Waals surface area contributed by atoms with Crippen molar-refractivity contribution in [1.82, 2.24) is 5.32 Å². The number of hydrogen-bond donors (Lipinski definition) is 3. The summed E-state index contributed by atoms with van der Waals surface area (Å²) < 4.78 is 0. The zero-order valence-electron chi connectivity index (χ0n) is 10.5. The standard InChI is InChI=1S/C15H16N2O2/c18-11-13-6-8-14(9-7-13)17-15(19)16-10-12-4-2-1-3-5-12/h1-9,18H,10-11H2,(H2,16,17,19). The van der Waals surface area contributed by atoms with Crippen LogP contribution in [0.4, 0.5) is 10.5 Å². The zero-order chi connectivity index (χ0) is 13.5. The molecule has 3 N–H and O–H groups in total. The van der Waals surface area contributed by atoms with Gasteiger partial charge in [0, 0.05) is 12.2 Å². The van der Waals surface area contributed by atoms with E-state index in [4.69, 9.17) is 5.11 Å². The average Bonchev–Trinajstić information content (AvgIpc) is 2.47. The minimum atomic E-state index is -0.249. The van der Waals surface area contributed by atoms with Gasteiger partial charge in [-0.3, -0.25) is 0 Å². The fraction of sp³-hybridized carbons (Fsp3) is 0.133. The van der Waals surface area contributed by atoms with Crippen molar-refractivity contribution in [3.05, 3.63) is 65.7 Å². The Hall–Kier alpha value is -2.33. The van der Waals surface area contributed by atoms with Gasteiger partial charge in [-0.05, 0) is 23.3 Å².